The predicted molar refractivity (Wildman–Crippen MR) is 132 cm³/mol. The number of carbonyl (C=O) groups is 3. The average Bonchev–Trinajstić information content (AvgIpc) is 3.44. The normalized spacial score (nSPS) is 13.7. The average molecular weight is 460 g/mol. The van der Waals surface area contributed by atoms with Crippen molar-refractivity contribution < 1.29 is 14.4 Å². The van der Waals surface area contributed by atoms with Gasteiger partial charge in [0.25, 0.3) is 0 Å². The molecule has 0 atom stereocenters. The molecular formula is C26H25N3O3S. The van der Waals surface area contributed by atoms with Crippen LogP contribution in [0.1, 0.15) is 46.9 Å². The van der Waals surface area contributed by atoms with E-state index in [1.54, 1.807) is 34.1 Å². The minimum absolute atomic E-state index is 0.0871. The molecule has 33 heavy (non-hydrogen) atoms. The van der Waals surface area contributed by atoms with E-state index < -0.39 is 0 Å². The van der Waals surface area contributed by atoms with Crippen molar-refractivity contribution in [1.82, 2.24) is 4.98 Å². The summed E-state index contributed by atoms with van der Waals surface area (Å²) in [5, 5.41) is 2.37. The lowest BCUT2D eigenvalue weighted by atomic mass is 10.1. The van der Waals surface area contributed by atoms with Crippen LogP contribution < -0.4 is 9.80 Å². The van der Waals surface area contributed by atoms with Gasteiger partial charge in [-0.15, -0.1) is 11.3 Å². The summed E-state index contributed by atoms with van der Waals surface area (Å²) in [4.78, 5) is 45.1. The van der Waals surface area contributed by atoms with Crippen molar-refractivity contribution in [2.24, 2.45) is 0 Å². The minimum atomic E-state index is -0.170. The van der Waals surface area contributed by atoms with E-state index in [0.717, 1.165) is 28.9 Å². The standard InChI is InChI=1S/C26H25N3O3S/c1-17-7-4-10-23(18(17)2)29(19(3)30)26-27-21(16-33-26)12-13-24(31)20-8-5-9-22(15-20)28-14-6-11-25(28)32/h4-5,7-10,12-13,15-16H,6,11,14H2,1-3H3/b13-12+. The molecule has 7 heteroatoms. The van der Waals surface area contributed by atoms with Gasteiger partial charge in [0, 0.05) is 36.5 Å². The molecule has 0 aliphatic carbocycles. The Labute approximate surface area is 197 Å². The lowest BCUT2D eigenvalue weighted by molar-refractivity contribution is -0.117. The van der Waals surface area contributed by atoms with E-state index in [1.165, 1.54) is 24.3 Å². The second-order valence-corrected chi connectivity index (χ2v) is 8.86. The topological polar surface area (TPSA) is 70.6 Å². The second kappa shape index (κ2) is 9.50. The Bertz CT molecular complexity index is 1260. The molecular weight excluding hydrogens is 434 g/mol. The third-order valence-electron chi connectivity index (χ3n) is 5.75. The summed E-state index contributed by atoms with van der Waals surface area (Å²) < 4.78 is 0. The summed E-state index contributed by atoms with van der Waals surface area (Å²) in [6, 6.07) is 13.0. The molecule has 1 aromatic heterocycles. The summed E-state index contributed by atoms with van der Waals surface area (Å²) in [7, 11) is 0. The molecule has 168 valence electrons. The first-order chi connectivity index (χ1) is 15.8. The molecule has 2 aromatic carbocycles. The van der Waals surface area contributed by atoms with Crippen LogP contribution in [0.15, 0.2) is 53.9 Å². The first-order valence-corrected chi connectivity index (χ1v) is 11.7. The van der Waals surface area contributed by atoms with Gasteiger partial charge >= 0.3 is 0 Å². The van der Waals surface area contributed by atoms with Crippen LogP contribution in [0, 0.1) is 13.8 Å². The minimum Gasteiger partial charge on any atom is -0.312 e. The van der Waals surface area contributed by atoms with Gasteiger partial charge in [-0.25, -0.2) is 4.98 Å². The van der Waals surface area contributed by atoms with Crippen molar-refractivity contribution >= 4 is 51.5 Å². The van der Waals surface area contributed by atoms with Crippen LogP contribution >= 0.6 is 11.3 Å². The molecule has 2 amide bonds. The van der Waals surface area contributed by atoms with Crippen molar-refractivity contribution in [3.8, 4) is 0 Å². The Morgan fingerprint density at radius 3 is 2.67 bits per heavy atom. The highest BCUT2D eigenvalue weighted by Gasteiger charge is 2.22. The van der Waals surface area contributed by atoms with Crippen LogP contribution in [-0.2, 0) is 9.59 Å². The number of amides is 2. The predicted octanol–water partition coefficient (Wildman–Crippen LogP) is 5.47. The van der Waals surface area contributed by atoms with Crippen LogP contribution in [-0.4, -0.2) is 29.1 Å². The largest absolute Gasteiger partial charge is 0.312 e. The van der Waals surface area contributed by atoms with Gasteiger partial charge in [-0.05, 0) is 61.7 Å². The number of rotatable bonds is 6. The fourth-order valence-electron chi connectivity index (χ4n) is 3.85. The number of ketones is 1. The molecule has 3 aromatic rings. The number of anilines is 3. The van der Waals surface area contributed by atoms with Crippen LogP contribution in [0.2, 0.25) is 0 Å². The van der Waals surface area contributed by atoms with Crippen LogP contribution in [0.4, 0.5) is 16.5 Å². The summed E-state index contributed by atoms with van der Waals surface area (Å²) in [6.07, 6.45) is 4.50. The van der Waals surface area contributed by atoms with E-state index in [2.05, 4.69) is 4.98 Å². The number of aryl methyl sites for hydroxylation is 1. The molecule has 4 rings (SSSR count). The maximum Gasteiger partial charge on any atom is 0.230 e. The van der Waals surface area contributed by atoms with Gasteiger partial charge in [0.05, 0.1) is 11.4 Å². The molecule has 0 unspecified atom stereocenters. The van der Waals surface area contributed by atoms with Crippen molar-refractivity contribution in [1.29, 1.82) is 0 Å². The maximum atomic E-state index is 12.7. The fourth-order valence-corrected chi connectivity index (χ4v) is 4.69. The molecule has 1 fully saturated rings. The molecule has 0 bridgehead atoms. The molecule has 1 aliphatic rings. The first kappa shape index (κ1) is 22.6. The number of carbonyl (C=O) groups excluding carboxylic acids is 3. The second-order valence-electron chi connectivity index (χ2n) is 8.03. The molecule has 0 N–H and O–H groups in total. The summed E-state index contributed by atoms with van der Waals surface area (Å²) in [6.45, 7) is 6.19. The van der Waals surface area contributed by atoms with E-state index in [1.807, 2.05) is 43.5 Å². The van der Waals surface area contributed by atoms with Gasteiger partial charge in [-0.1, -0.05) is 24.3 Å². The van der Waals surface area contributed by atoms with E-state index in [0.29, 0.717) is 29.4 Å². The van der Waals surface area contributed by atoms with E-state index in [9.17, 15) is 14.4 Å². The van der Waals surface area contributed by atoms with Crippen molar-refractivity contribution in [2.75, 3.05) is 16.3 Å². The van der Waals surface area contributed by atoms with E-state index in [-0.39, 0.29) is 17.6 Å². The highest BCUT2D eigenvalue weighted by atomic mass is 32.1. The summed E-state index contributed by atoms with van der Waals surface area (Å²) in [5.74, 6) is -0.210. The quantitative estimate of drug-likeness (QED) is 0.362. The van der Waals surface area contributed by atoms with Gasteiger partial charge in [0.15, 0.2) is 10.9 Å². The third kappa shape index (κ3) is 4.78. The number of aromatic nitrogens is 1. The number of benzene rings is 2. The lowest BCUT2D eigenvalue weighted by Gasteiger charge is -2.21. The monoisotopic (exact) mass is 459 g/mol. The first-order valence-electron chi connectivity index (χ1n) is 10.8. The Morgan fingerprint density at radius 1 is 1.15 bits per heavy atom. The molecule has 1 saturated heterocycles. The highest BCUT2D eigenvalue weighted by molar-refractivity contribution is 7.14. The molecule has 0 radical (unpaired) electrons. The van der Waals surface area contributed by atoms with Gasteiger partial charge in [-0.3, -0.25) is 19.3 Å². The lowest BCUT2D eigenvalue weighted by Crippen LogP contribution is -2.23. The Kier molecular flexibility index (Phi) is 6.51. The van der Waals surface area contributed by atoms with Gasteiger partial charge < -0.3 is 4.90 Å². The van der Waals surface area contributed by atoms with Crippen LogP contribution in [0.3, 0.4) is 0 Å². The SMILES string of the molecule is CC(=O)N(c1nc(/C=C/C(=O)c2cccc(N3CCCC3=O)c2)cs1)c1cccc(C)c1C. The zero-order valence-corrected chi connectivity index (χ0v) is 19.7. The van der Waals surface area contributed by atoms with Crippen LogP contribution in [0.25, 0.3) is 6.08 Å². The Morgan fingerprint density at radius 2 is 1.94 bits per heavy atom. The Balaban J connectivity index is 1.54. The molecule has 0 saturated carbocycles. The summed E-state index contributed by atoms with van der Waals surface area (Å²) in [5.41, 5.74) is 4.78. The number of allylic oxidation sites excluding steroid dienone is 1. The number of nitrogens with zero attached hydrogens (tertiary/aromatic N) is 3. The highest BCUT2D eigenvalue weighted by Crippen LogP contribution is 2.32. The summed E-state index contributed by atoms with van der Waals surface area (Å²) >= 11 is 1.35. The maximum absolute atomic E-state index is 12.7. The van der Waals surface area contributed by atoms with E-state index in [4.69, 9.17) is 0 Å². The zero-order chi connectivity index (χ0) is 23.5. The van der Waals surface area contributed by atoms with Crippen LogP contribution in [0.5, 0.6) is 0 Å². The Hall–Kier alpha value is -3.58. The van der Waals surface area contributed by atoms with Crippen molar-refractivity contribution in [3.05, 3.63) is 76.3 Å². The van der Waals surface area contributed by atoms with Gasteiger partial charge in [-0.2, -0.15) is 0 Å². The smallest absolute Gasteiger partial charge is 0.230 e. The molecule has 0 spiro atoms. The third-order valence-corrected chi connectivity index (χ3v) is 6.60. The zero-order valence-electron chi connectivity index (χ0n) is 18.9. The number of hydrogen-bond donors (Lipinski definition) is 0. The van der Waals surface area contributed by atoms with Gasteiger partial charge in [0.1, 0.15) is 0 Å². The van der Waals surface area contributed by atoms with Gasteiger partial charge in [0.2, 0.25) is 11.8 Å². The number of hydrogen-bond acceptors (Lipinski definition) is 5. The van der Waals surface area contributed by atoms with Crippen molar-refractivity contribution in [2.45, 2.75) is 33.6 Å². The molecule has 6 nitrogen and oxygen atoms in total. The van der Waals surface area contributed by atoms with Crippen molar-refractivity contribution in [3.63, 3.8) is 0 Å². The van der Waals surface area contributed by atoms with E-state index >= 15 is 0 Å². The fraction of sp³-hybridized carbons (Fsp3) is 0.231. The molecule has 1 aliphatic heterocycles. The molecule has 2 heterocycles. The number of thiazole rings is 1.